The largest absolute Gasteiger partial charge is 0.382 e. The molecule has 0 atom stereocenters. The molecule has 1 aromatic heterocycles. The highest BCUT2D eigenvalue weighted by Crippen LogP contribution is 2.29. The van der Waals surface area contributed by atoms with Crippen LogP contribution in [0, 0.1) is 6.92 Å². The Hall–Kier alpha value is -2.18. The molecular weight excluding hydrogens is 300 g/mol. The molecule has 1 aromatic rings. The lowest BCUT2D eigenvalue weighted by Crippen LogP contribution is -2.43. The molecule has 0 unspecified atom stereocenters. The third-order valence-electron chi connectivity index (χ3n) is 3.54. The Morgan fingerprint density at radius 3 is 2.83 bits per heavy atom. The van der Waals surface area contributed by atoms with E-state index in [9.17, 15) is 8.78 Å². The lowest BCUT2D eigenvalue weighted by Gasteiger charge is -2.33. The van der Waals surface area contributed by atoms with Crippen molar-refractivity contribution in [1.82, 2.24) is 14.9 Å². The minimum absolute atomic E-state index is 0.0694. The maximum Gasteiger partial charge on any atom is 0.265 e. The molecule has 7 heteroatoms. The fraction of sp³-hybridized carbons (Fsp3) is 0.500. The van der Waals surface area contributed by atoms with Gasteiger partial charge in [0.25, 0.3) is 5.92 Å². The summed E-state index contributed by atoms with van der Waals surface area (Å²) < 4.78 is 27.2. The highest BCUT2D eigenvalue weighted by atomic mass is 19.3. The highest BCUT2D eigenvalue weighted by Gasteiger charge is 2.35. The molecule has 2 heterocycles. The third-order valence-corrected chi connectivity index (χ3v) is 3.54. The fourth-order valence-electron chi connectivity index (χ4n) is 2.42. The maximum atomic E-state index is 13.6. The van der Waals surface area contributed by atoms with Gasteiger partial charge < -0.3 is 15.1 Å². The summed E-state index contributed by atoms with van der Waals surface area (Å²) in [6.07, 6.45) is 5.45. The number of alkyl halides is 2. The molecule has 5 nitrogen and oxygen atoms in total. The molecule has 1 aliphatic rings. The zero-order valence-electron chi connectivity index (χ0n) is 13.8. The molecule has 126 valence electrons. The van der Waals surface area contributed by atoms with Gasteiger partial charge in [0.05, 0.1) is 24.1 Å². The smallest absolute Gasteiger partial charge is 0.265 e. The van der Waals surface area contributed by atoms with Gasteiger partial charge in [0.1, 0.15) is 5.82 Å². The minimum atomic E-state index is -2.67. The van der Waals surface area contributed by atoms with Crippen LogP contribution in [0.2, 0.25) is 0 Å². The molecule has 23 heavy (non-hydrogen) atoms. The monoisotopic (exact) mass is 323 g/mol. The summed E-state index contributed by atoms with van der Waals surface area (Å²) in [5, 5.41) is 3.14. The second kappa shape index (κ2) is 6.93. The van der Waals surface area contributed by atoms with E-state index in [2.05, 4.69) is 21.9 Å². The van der Waals surface area contributed by atoms with E-state index >= 15 is 0 Å². The number of hydrogen-bond donors (Lipinski definition) is 1. The van der Waals surface area contributed by atoms with Crippen LogP contribution in [0.5, 0.6) is 0 Å². The van der Waals surface area contributed by atoms with Crippen molar-refractivity contribution in [2.45, 2.75) is 25.7 Å². The molecule has 0 spiro atoms. The zero-order chi connectivity index (χ0) is 17.0. The van der Waals surface area contributed by atoms with E-state index in [4.69, 9.17) is 0 Å². The highest BCUT2D eigenvalue weighted by molar-refractivity contribution is 5.52. The molecule has 0 aliphatic carbocycles. The molecule has 2 rings (SSSR count). The Morgan fingerprint density at radius 2 is 2.22 bits per heavy atom. The average molecular weight is 323 g/mol. The van der Waals surface area contributed by atoms with Crippen molar-refractivity contribution >= 4 is 11.6 Å². The first-order valence-corrected chi connectivity index (χ1v) is 7.55. The summed E-state index contributed by atoms with van der Waals surface area (Å²) in [7, 11) is 3.80. The van der Waals surface area contributed by atoms with Crippen LogP contribution in [-0.2, 0) is 0 Å². The molecule has 0 bridgehead atoms. The summed E-state index contributed by atoms with van der Waals surface area (Å²) in [6, 6.07) is 0. The number of piperidine rings is 1. The first kappa shape index (κ1) is 17.2. The Morgan fingerprint density at radius 1 is 1.48 bits per heavy atom. The van der Waals surface area contributed by atoms with E-state index in [1.807, 2.05) is 32.1 Å². The molecule has 1 N–H and O–H groups in total. The molecule has 0 saturated carbocycles. The number of aromatic nitrogens is 2. The SMILES string of the molecule is C=C/C(=C\N(C)C)Nc1nc(N2CCCC(F)(F)C2)cnc1C. The predicted octanol–water partition coefficient (Wildman–Crippen LogP) is 3.02. The van der Waals surface area contributed by atoms with Crippen molar-refractivity contribution in [3.8, 4) is 0 Å². The van der Waals surface area contributed by atoms with Crippen LogP contribution < -0.4 is 10.2 Å². The summed E-state index contributed by atoms with van der Waals surface area (Å²) >= 11 is 0. The fourth-order valence-corrected chi connectivity index (χ4v) is 2.42. The van der Waals surface area contributed by atoms with E-state index in [1.165, 1.54) is 0 Å². The topological polar surface area (TPSA) is 44.3 Å². The van der Waals surface area contributed by atoms with Crippen LogP contribution >= 0.6 is 0 Å². The van der Waals surface area contributed by atoms with Gasteiger partial charge in [0.2, 0.25) is 0 Å². The van der Waals surface area contributed by atoms with Crippen molar-refractivity contribution in [3.63, 3.8) is 0 Å². The summed E-state index contributed by atoms with van der Waals surface area (Å²) in [4.78, 5) is 12.2. The van der Waals surface area contributed by atoms with Crippen LogP contribution in [0.25, 0.3) is 0 Å². The van der Waals surface area contributed by atoms with E-state index in [0.717, 1.165) is 5.70 Å². The molecular formula is C16H23F2N5. The lowest BCUT2D eigenvalue weighted by atomic mass is 10.1. The normalized spacial score (nSPS) is 17.8. The quantitative estimate of drug-likeness (QED) is 0.844. The standard InChI is InChI=1S/C16H23F2N5/c1-5-13(10-22(3)4)20-15-12(2)19-9-14(21-15)23-8-6-7-16(17,18)11-23/h5,9-10H,1,6-8,11H2,2-4H3,(H,20,21)/b13-10+. The van der Waals surface area contributed by atoms with Gasteiger partial charge in [-0.3, -0.25) is 4.98 Å². The first-order valence-electron chi connectivity index (χ1n) is 7.55. The van der Waals surface area contributed by atoms with Crippen molar-refractivity contribution in [1.29, 1.82) is 0 Å². The van der Waals surface area contributed by atoms with Crippen LogP contribution in [0.15, 0.2) is 30.7 Å². The van der Waals surface area contributed by atoms with Crippen LogP contribution in [0.3, 0.4) is 0 Å². The number of hydrogen-bond acceptors (Lipinski definition) is 5. The average Bonchev–Trinajstić information content (AvgIpc) is 2.47. The maximum absolute atomic E-state index is 13.6. The number of rotatable bonds is 5. The predicted molar refractivity (Wildman–Crippen MR) is 88.8 cm³/mol. The second-order valence-corrected chi connectivity index (χ2v) is 5.92. The van der Waals surface area contributed by atoms with Gasteiger partial charge in [-0.25, -0.2) is 13.8 Å². The van der Waals surface area contributed by atoms with E-state index in [0.29, 0.717) is 30.3 Å². The van der Waals surface area contributed by atoms with Crippen LogP contribution in [0.4, 0.5) is 20.4 Å². The Bertz CT molecular complexity index is 598. The Labute approximate surface area is 135 Å². The lowest BCUT2D eigenvalue weighted by molar-refractivity contribution is -0.0118. The third kappa shape index (κ3) is 4.64. The number of nitrogens with one attached hydrogen (secondary N) is 1. The Kier molecular flexibility index (Phi) is 5.18. The van der Waals surface area contributed by atoms with Gasteiger partial charge in [-0.2, -0.15) is 0 Å². The van der Waals surface area contributed by atoms with Gasteiger partial charge in [0.15, 0.2) is 5.82 Å². The van der Waals surface area contributed by atoms with Crippen molar-refractivity contribution in [2.75, 3.05) is 37.4 Å². The van der Waals surface area contributed by atoms with Crippen molar-refractivity contribution in [3.05, 3.63) is 36.4 Å². The van der Waals surface area contributed by atoms with Crippen LogP contribution in [-0.4, -0.2) is 48.0 Å². The molecule has 1 fully saturated rings. The van der Waals surface area contributed by atoms with E-state index in [1.54, 1.807) is 17.2 Å². The molecule has 1 aliphatic heterocycles. The van der Waals surface area contributed by atoms with Gasteiger partial charge in [-0.1, -0.05) is 6.58 Å². The molecule has 0 aromatic carbocycles. The van der Waals surface area contributed by atoms with Gasteiger partial charge in [-0.05, 0) is 19.4 Å². The Balaban J connectivity index is 2.23. The molecule has 1 saturated heterocycles. The van der Waals surface area contributed by atoms with Gasteiger partial charge >= 0.3 is 0 Å². The summed E-state index contributed by atoms with van der Waals surface area (Å²) in [5.41, 5.74) is 1.46. The van der Waals surface area contributed by atoms with Crippen LogP contribution in [0.1, 0.15) is 18.5 Å². The summed E-state index contributed by atoms with van der Waals surface area (Å²) in [5.74, 6) is -1.66. The van der Waals surface area contributed by atoms with Crippen molar-refractivity contribution in [2.24, 2.45) is 0 Å². The van der Waals surface area contributed by atoms with E-state index in [-0.39, 0.29) is 13.0 Å². The zero-order valence-corrected chi connectivity index (χ0v) is 13.8. The van der Waals surface area contributed by atoms with E-state index < -0.39 is 5.92 Å². The minimum Gasteiger partial charge on any atom is -0.382 e. The molecule has 0 amide bonds. The number of halogens is 2. The van der Waals surface area contributed by atoms with Gasteiger partial charge in [-0.15, -0.1) is 0 Å². The number of nitrogens with zero attached hydrogens (tertiary/aromatic N) is 4. The van der Waals surface area contributed by atoms with Gasteiger partial charge in [0, 0.05) is 33.3 Å². The summed E-state index contributed by atoms with van der Waals surface area (Å²) in [6.45, 7) is 5.83. The number of allylic oxidation sites excluding steroid dienone is 1. The second-order valence-electron chi connectivity index (χ2n) is 5.92. The van der Waals surface area contributed by atoms with Crippen molar-refractivity contribution < 1.29 is 8.78 Å². The number of anilines is 2. The first-order chi connectivity index (χ1) is 10.8. The number of aryl methyl sites for hydroxylation is 1. The molecule has 0 radical (unpaired) electrons.